The molecule has 0 spiro atoms. The molecule has 1 atom stereocenters. The average Bonchev–Trinajstić information content (AvgIpc) is 2.52. The predicted molar refractivity (Wildman–Crippen MR) is 66.8 cm³/mol. The second-order valence-electron chi connectivity index (χ2n) is 5.21. The minimum absolute atomic E-state index is 0.0463. The second-order valence-corrected chi connectivity index (χ2v) is 5.21. The number of nitrogens with two attached hydrogens (primary N) is 1. The molecule has 0 saturated carbocycles. The van der Waals surface area contributed by atoms with Gasteiger partial charge in [-0.3, -0.25) is 5.41 Å². The molecule has 4 nitrogen and oxygen atoms in total. The van der Waals surface area contributed by atoms with Gasteiger partial charge in [0.15, 0.2) is 0 Å². The fourth-order valence-electron chi connectivity index (χ4n) is 2.15. The molecule has 1 saturated heterocycles. The van der Waals surface area contributed by atoms with Crippen LogP contribution in [0, 0.1) is 5.41 Å². The molecule has 4 heteroatoms. The van der Waals surface area contributed by atoms with E-state index < -0.39 is 0 Å². The number of ether oxygens (including phenoxy) is 1. The topological polar surface area (TPSA) is 62.3 Å². The first-order valence-corrected chi connectivity index (χ1v) is 6.16. The first-order valence-electron chi connectivity index (χ1n) is 6.16. The summed E-state index contributed by atoms with van der Waals surface area (Å²) in [5.41, 5.74) is 5.42. The minimum Gasteiger partial charge on any atom is -0.388 e. The number of nitrogens with zero attached hydrogens (tertiary/aromatic N) is 1. The lowest BCUT2D eigenvalue weighted by Gasteiger charge is -2.25. The molecule has 0 aromatic heterocycles. The lowest BCUT2D eigenvalue weighted by molar-refractivity contribution is -0.0278. The first-order chi connectivity index (χ1) is 7.43. The molecule has 1 fully saturated rings. The second kappa shape index (κ2) is 5.64. The molecule has 3 N–H and O–H groups in total. The van der Waals surface area contributed by atoms with Gasteiger partial charge in [0, 0.05) is 19.5 Å². The lowest BCUT2D eigenvalue weighted by atomic mass is 10.1. The van der Waals surface area contributed by atoms with Gasteiger partial charge in [0.25, 0.3) is 0 Å². The molecule has 0 radical (unpaired) electrons. The van der Waals surface area contributed by atoms with Gasteiger partial charge in [-0.2, -0.15) is 0 Å². The van der Waals surface area contributed by atoms with E-state index in [0.29, 0.717) is 12.5 Å². The van der Waals surface area contributed by atoms with Crippen molar-refractivity contribution in [3.8, 4) is 0 Å². The number of likely N-dealkylation sites (N-methyl/N-ethyl adjacent to an activating group) is 1. The summed E-state index contributed by atoms with van der Waals surface area (Å²) in [6, 6.07) is 0. The zero-order chi connectivity index (χ0) is 12.2. The van der Waals surface area contributed by atoms with Gasteiger partial charge >= 0.3 is 0 Å². The number of amidine groups is 1. The molecule has 1 aliphatic rings. The third-order valence-electron chi connectivity index (χ3n) is 3.16. The molecule has 0 amide bonds. The third-order valence-corrected chi connectivity index (χ3v) is 3.16. The molecule has 0 aliphatic carbocycles. The van der Waals surface area contributed by atoms with Crippen molar-refractivity contribution in [2.24, 2.45) is 5.73 Å². The van der Waals surface area contributed by atoms with Crippen molar-refractivity contribution in [3.05, 3.63) is 0 Å². The van der Waals surface area contributed by atoms with Crippen molar-refractivity contribution in [1.29, 1.82) is 5.41 Å². The van der Waals surface area contributed by atoms with Gasteiger partial charge < -0.3 is 15.4 Å². The number of hydrogen-bond donors (Lipinski definition) is 2. The third kappa shape index (κ3) is 4.49. The molecule has 1 heterocycles. The van der Waals surface area contributed by atoms with Crippen molar-refractivity contribution >= 4 is 5.84 Å². The summed E-state index contributed by atoms with van der Waals surface area (Å²) in [4.78, 5) is 2.31. The largest absolute Gasteiger partial charge is 0.388 e. The molecule has 0 bridgehead atoms. The van der Waals surface area contributed by atoms with Crippen LogP contribution in [0.1, 0.15) is 40.0 Å². The number of rotatable bonds is 6. The van der Waals surface area contributed by atoms with Crippen molar-refractivity contribution < 1.29 is 4.74 Å². The molecule has 1 aliphatic heterocycles. The van der Waals surface area contributed by atoms with Crippen LogP contribution in [0.3, 0.4) is 0 Å². The Kier molecular flexibility index (Phi) is 4.74. The molecule has 1 unspecified atom stereocenters. The fourth-order valence-corrected chi connectivity index (χ4v) is 2.15. The highest BCUT2D eigenvalue weighted by molar-refractivity contribution is 5.76. The Hall–Kier alpha value is -0.610. The summed E-state index contributed by atoms with van der Waals surface area (Å²) < 4.78 is 5.96. The summed E-state index contributed by atoms with van der Waals surface area (Å²) in [5, 5.41) is 7.23. The van der Waals surface area contributed by atoms with Crippen LogP contribution in [-0.2, 0) is 4.74 Å². The van der Waals surface area contributed by atoms with Crippen molar-refractivity contribution in [2.75, 3.05) is 19.6 Å². The van der Waals surface area contributed by atoms with E-state index in [1.165, 1.54) is 0 Å². The highest BCUT2D eigenvalue weighted by Crippen LogP contribution is 2.29. The van der Waals surface area contributed by atoms with E-state index in [-0.39, 0.29) is 11.4 Å². The molecular weight excluding hydrogens is 202 g/mol. The SMILES string of the molecule is CCN(CCC(=N)N)CC1CCC(C)(C)O1. The molecule has 0 aromatic carbocycles. The highest BCUT2D eigenvalue weighted by Gasteiger charge is 2.32. The first kappa shape index (κ1) is 13.5. The number of hydrogen-bond acceptors (Lipinski definition) is 3. The van der Waals surface area contributed by atoms with E-state index in [4.69, 9.17) is 15.9 Å². The maximum Gasteiger partial charge on any atom is 0.0918 e. The summed E-state index contributed by atoms with van der Waals surface area (Å²) >= 11 is 0. The Morgan fingerprint density at radius 2 is 2.25 bits per heavy atom. The maximum atomic E-state index is 7.23. The van der Waals surface area contributed by atoms with E-state index in [1.54, 1.807) is 0 Å². The summed E-state index contributed by atoms with van der Waals surface area (Å²) in [6.45, 7) is 9.27. The van der Waals surface area contributed by atoms with Crippen LogP contribution >= 0.6 is 0 Å². The molecule has 0 aromatic rings. The minimum atomic E-state index is 0.0463. The fraction of sp³-hybridized carbons (Fsp3) is 0.917. The molecule has 16 heavy (non-hydrogen) atoms. The van der Waals surface area contributed by atoms with Crippen LogP contribution in [0.2, 0.25) is 0 Å². The van der Waals surface area contributed by atoms with Gasteiger partial charge in [0.1, 0.15) is 0 Å². The lowest BCUT2D eigenvalue weighted by Crippen LogP contribution is -2.35. The maximum absolute atomic E-state index is 7.23. The molecule has 94 valence electrons. The summed E-state index contributed by atoms with van der Waals surface area (Å²) in [6.07, 6.45) is 3.29. The van der Waals surface area contributed by atoms with E-state index >= 15 is 0 Å². The number of nitrogens with one attached hydrogen (secondary N) is 1. The van der Waals surface area contributed by atoms with E-state index in [1.807, 2.05) is 0 Å². The van der Waals surface area contributed by atoms with E-state index in [9.17, 15) is 0 Å². The van der Waals surface area contributed by atoms with Crippen molar-refractivity contribution in [3.63, 3.8) is 0 Å². The van der Waals surface area contributed by atoms with Crippen LogP contribution in [0.25, 0.3) is 0 Å². The van der Waals surface area contributed by atoms with Crippen molar-refractivity contribution in [2.45, 2.75) is 51.7 Å². The summed E-state index contributed by atoms with van der Waals surface area (Å²) in [5.74, 6) is 0.270. The Bertz CT molecular complexity index is 240. The molecule has 1 rings (SSSR count). The Morgan fingerprint density at radius 1 is 1.56 bits per heavy atom. The molecular formula is C12H25N3O. The van der Waals surface area contributed by atoms with E-state index in [2.05, 4.69) is 25.7 Å². The zero-order valence-corrected chi connectivity index (χ0v) is 10.8. The van der Waals surface area contributed by atoms with Crippen LogP contribution in [0.4, 0.5) is 0 Å². The Morgan fingerprint density at radius 3 is 2.69 bits per heavy atom. The van der Waals surface area contributed by atoms with Crippen LogP contribution in [0.15, 0.2) is 0 Å². The van der Waals surface area contributed by atoms with Gasteiger partial charge in [0.2, 0.25) is 0 Å². The summed E-state index contributed by atoms with van der Waals surface area (Å²) in [7, 11) is 0. The Balaban J connectivity index is 2.31. The normalized spacial score (nSPS) is 23.9. The van der Waals surface area contributed by atoms with Gasteiger partial charge in [0.05, 0.1) is 17.5 Å². The van der Waals surface area contributed by atoms with Crippen LogP contribution in [-0.4, -0.2) is 42.1 Å². The van der Waals surface area contributed by atoms with Gasteiger partial charge in [-0.15, -0.1) is 0 Å². The van der Waals surface area contributed by atoms with Gasteiger partial charge in [-0.1, -0.05) is 6.92 Å². The van der Waals surface area contributed by atoms with E-state index in [0.717, 1.165) is 32.5 Å². The van der Waals surface area contributed by atoms with Crippen LogP contribution < -0.4 is 5.73 Å². The zero-order valence-electron chi connectivity index (χ0n) is 10.8. The predicted octanol–water partition coefficient (Wildman–Crippen LogP) is 1.59. The van der Waals surface area contributed by atoms with Crippen LogP contribution in [0.5, 0.6) is 0 Å². The van der Waals surface area contributed by atoms with Crippen molar-refractivity contribution in [1.82, 2.24) is 4.90 Å². The van der Waals surface area contributed by atoms with Gasteiger partial charge in [-0.05, 0) is 33.2 Å². The highest BCUT2D eigenvalue weighted by atomic mass is 16.5. The van der Waals surface area contributed by atoms with Gasteiger partial charge in [-0.25, -0.2) is 0 Å². The monoisotopic (exact) mass is 227 g/mol. The Labute approximate surface area is 98.6 Å². The average molecular weight is 227 g/mol. The quantitative estimate of drug-likeness (QED) is 0.535. The standard InChI is InChI=1S/C12H25N3O/c1-4-15(8-6-11(13)14)9-10-5-7-12(2,3)16-10/h10H,4-9H2,1-3H3,(H3,13,14). The smallest absolute Gasteiger partial charge is 0.0918 e.